The van der Waals surface area contributed by atoms with Crippen molar-refractivity contribution in [1.82, 2.24) is 9.71 Å². The Hall–Kier alpha value is -1.95. The molecule has 0 radical (unpaired) electrons. The zero-order chi connectivity index (χ0) is 13.0. The molecule has 2 aliphatic rings. The van der Waals surface area contributed by atoms with E-state index < -0.39 is 0 Å². The van der Waals surface area contributed by atoms with Crippen LogP contribution in [0.4, 0.5) is 0 Å². The Morgan fingerprint density at radius 1 is 1.47 bits per heavy atom. The van der Waals surface area contributed by atoms with Gasteiger partial charge in [-0.25, -0.2) is 4.98 Å². The van der Waals surface area contributed by atoms with Crippen molar-refractivity contribution in [2.24, 2.45) is 5.73 Å². The summed E-state index contributed by atoms with van der Waals surface area (Å²) >= 11 is 0. The molecule has 1 fully saturated rings. The van der Waals surface area contributed by atoms with Gasteiger partial charge < -0.3 is 15.6 Å². The predicted molar refractivity (Wildman–Crippen MR) is 73.7 cm³/mol. The van der Waals surface area contributed by atoms with Gasteiger partial charge in [0.05, 0.1) is 6.20 Å². The normalized spacial score (nSPS) is 24.5. The predicted octanol–water partition coefficient (Wildman–Crippen LogP) is 1.19. The monoisotopic (exact) mass is 255 g/mol. The van der Waals surface area contributed by atoms with E-state index in [4.69, 9.17) is 10.4 Å². The number of hydrogen-bond acceptors (Lipinski definition) is 4. The Morgan fingerprint density at radius 3 is 3.11 bits per heavy atom. The molecule has 0 aromatic carbocycles. The lowest BCUT2D eigenvalue weighted by atomic mass is 9.76. The molecule has 96 valence electrons. The second kappa shape index (κ2) is 3.77. The molecule has 5 nitrogen and oxygen atoms in total. The highest BCUT2D eigenvalue weighted by Crippen LogP contribution is 2.42. The molecule has 0 atom stereocenters. The average molecular weight is 255 g/mol. The molecule has 3 N–H and O–H groups in total. The van der Waals surface area contributed by atoms with Crippen molar-refractivity contribution in [3.63, 3.8) is 0 Å². The summed E-state index contributed by atoms with van der Waals surface area (Å²) in [6, 6.07) is 0.279. The summed E-state index contributed by atoms with van der Waals surface area (Å²) in [5, 5.41) is 11.0. The molecular formula is C13H14BN3O2. The topological polar surface area (TPSA) is 73.3 Å². The van der Waals surface area contributed by atoms with Crippen LogP contribution in [0.25, 0.3) is 17.1 Å². The fourth-order valence-corrected chi connectivity index (χ4v) is 3.02. The summed E-state index contributed by atoms with van der Waals surface area (Å²) < 4.78 is 6.69. The van der Waals surface area contributed by atoms with Crippen LogP contribution in [0.1, 0.15) is 29.9 Å². The first-order valence-corrected chi connectivity index (χ1v) is 6.52. The highest BCUT2D eigenvalue weighted by molar-refractivity contribution is 6.38. The molecule has 2 aromatic heterocycles. The number of nitrogens with two attached hydrogens (primary N) is 1. The SMILES string of the molecule is NC1CC(c2cn(O)c3ncc4c(c23)C=CBO4)C1. The van der Waals surface area contributed by atoms with Crippen LogP contribution in [0.5, 0.6) is 5.75 Å². The standard InChI is InChI=1S/C13H14BN3O2/c15-8-3-7(4-8)10-6-17(18)13-12(10)9-1-2-14-19-11(9)5-16-13/h1-2,5-8,14,18H,3-4,15H2. The summed E-state index contributed by atoms with van der Waals surface area (Å²) in [5.74, 6) is 3.17. The molecule has 0 unspecified atom stereocenters. The van der Waals surface area contributed by atoms with E-state index in [9.17, 15) is 5.21 Å². The van der Waals surface area contributed by atoms with Crippen molar-refractivity contribution >= 4 is 24.6 Å². The fourth-order valence-electron chi connectivity index (χ4n) is 3.02. The van der Waals surface area contributed by atoms with Crippen LogP contribution in [-0.4, -0.2) is 28.4 Å². The lowest BCUT2D eigenvalue weighted by Crippen LogP contribution is -2.34. The summed E-state index contributed by atoms with van der Waals surface area (Å²) in [7, 11) is 0.573. The van der Waals surface area contributed by atoms with Crippen molar-refractivity contribution in [3.05, 3.63) is 29.5 Å². The quantitative estimate of drug-likeness (QED) is 0.593. The zero-order valence-corrected chi connectivity index (χ0v) is 10.4. The number of rotatable bonds is 1. The van der Waals surface area contributed by atoms with Crippen molar-refractivity contribution in [3.8, 4) is 5.75 Å². The van der Waals surface area contributed by atoms with Crippen molar-refractivity contribution in [2.75, 3.05) is 0 Å². The molecule has 0 amide bonds. The van der Waals surface area contributed by atoms with Gasteiger partial charge in [0.1, 0.15) is 5.75 Å². The first-order chi connectivity index (χ1) is 9.24. The molecule has 0 bridgehead atoms. The molecule has 0 saturated heterocycles. The Kier molecular flexibility index (Phi) is 2.17. The summed E-state index contributed by atoms with van der Waals surface area (Å²) in [6.45, 7) is 0. The van der Waals surface area contributed by atoms with Gasteiger partial charge in [-0.05, 0) is 24.3 Å². The molecule has 19 heavy (non-hydrogen) atoms. The number of pyridine rings is 1. The van der Waals surface area contributed by atoms with Gasteiger partial charge in [0.2, 0.25) is 0 Å². The average Bonchev–Trinajstić information content (AvgIpc) is 2.73. The summed E-state index contributed by atoms with van der Waals surface area (Å²) in [4.78, 5) is 4.30. The molecule has 6 heteroatoms. The maximum Gasteiger partial charge on any atom is 0.366 e. The van der Waals surface area contributed by atoms with E-state index in [-0.39, 0.29) is 6.04 Å². The maximum atomic E-state index is 9.99. The Bertz CT molecular complexity index is 689. The minimum absolute atomic E-state index is 0.279. The third-order valence-corrected chi connectivity index (χ3v) is 4.06. The first kappa shape index (κ1) is 10.9. The molecule has 4 rings (SSSR count). The van der Waals surface area contributed by atoms with E-state index in [1.54, 1.807) is 12.4 Å². The Labute approximate surface area is 110 Å². The largest absolute Gasteiger partial charge is 0.558 e. The van der Waals surface area contributed by atoms with E-state index in [0.717, 1.165) is 39.8 Å². The van der Waals surface area contributed by atoms with Gasteiger partial charge in [-0.1, -0.05) is 12.1 Å². The van der Waals surface area contributed by atoms with Crippen LogP contribution in [0.2, 0.25) is 0 Å². The third-order valence-electron chi connectivity index (χ3n) is 4.06. The van der Waals surface area contributed by atoms with Crippen LogP contribution in [0.15, 0.2) is 18.4 Å². The molecule has 0 spiro atoms. The van der Waals surface area contributed by atoms with Crippen LogP contribution in [0, 0.1) is 0 Å². The second-order valence-corrected chi connectivity index (χ2v) is 5.31. The smallest absolute Gasteiger partial charge is 0.366 e. The zero-order valence-electron chi connectivity index (χ0n) is 10.4. The molecule has 1 aliphatic carbocycles. The van der Waals surface area contributed by atoms with Crippen LogP contribution in [-0.2, 0) is 0 Å². The third kappa shape index (κ3) is 1.50. The van der Waals surface area contributed by atoms with E-state index in [1.165, 1.54) is 0 Å². The van der Waals surface area contributed by atoms with E-state index >= 15 is 0 Å². The molecule has 1 saturated carbocycles. The van der Waals surface area contributed by atoms with Crippen LogP contribution in [0.3, 0.4) is 0 Å². The minimum atomic E-state index is 0.279. The number of fused-ring (bicyclic) bond motifs is 3. The van der Waals surface area contributed by atoms with Gasteiger partial charge in [0, 0.05) is 23.2 Å². The minimum Gasteiger partial charge on any atom is -0.558 e. The molecular weight excluding hydrogens is 241 g/mol. The van der Waals surface area contributed by atoms with Gasteiger partial charge in [0.15, 0.2) is 5.65 Å². The maximum absolute atomic E-state index is 9.99. The fraction of sp³-hybridized carbons (Fsp3) is 0.308. The summed E-state index contributed by atoms with van der Waals surface area (Å²) in [6.07, 6.45) is 7.41. The Morgan fingerprint density at radius 2 is 2.32 bits per heavy atom. The number of hydrogen-bond donors (Lipinski definition) is 2. The molecule has 1 aliphatic heterocycles. The van der Waals surface area contributed by atoms with Crippen molar-refractivity contribution < 1.29 is 9.86 Å². The van der Waals surface area contributed by atoms with Crippen LogP contribution < -0.4 is 10.4 Å². The summed E-state index contributed by atoms with van der Waals surface area (Å²) in [5.41, 5.74) is 8.60. The lowest BCUT2D eigenvalue weighted by molar-refractivity contribution is 0.196. The lowest BCUT2D eigenvalue weighted by Gasteiger charge is -2.32. The van der Waals surface area contributed by atoms with E-state index in [0.29, 0.717) is 19.0 Å². The van der Waals surface area contributed by atoms with E-state index in [1.807, 2.05) is 12.1 Å². The molecule has 3 heterocycles. The molecule has 2 aromatic rings. The van der Waals surface area contributed by atoms with Crippen molar-refractivity contribution in [2.45, 2.75) is 24.8 Å². The van der Waals surface area contributed by atoms with Crippen LogP contribution >= 0.6 is 0 Å². The van der Waals surface area contributed by atoms with Gasteiger partial charge >= 0.3 is 7.48 Å². The number of nitrogens with zero attached hydrogens (tertiary/aromatic N) is 2. The van der Waals surface area contributed by atoms with Crippen molar-refractivity contribution in [1.29, 1.82) is 0 Å². The van der Waals surface area contributed by atoms with Gasteiger partial charge in [-0.15, -0.1) is 0 Å². The first-order valence-electron chi connectivity index (χ1n) is 6.52. The highest BCUT2D eigenvalue weighted by Gasteiger charge is 2.31. The highest BCUT2D eigenvalue weighted by atomic mass is 16.5. The van der Waals surface area contributed by atoms with Gasteiger partial charge in [-0.3, -0.25) is 0 Å². The second-order valence-electron chi connectivity index (χ2n) is 5.31. The number of aromatic nitrogens is 2. The van der Waals surface area contributed by atoms with Gasteiger partial charge in [0.25, 0.3) is 0 Å². The van der Waals surface area contributed by atoms with Gasteiger partial charge in [-0.2, -0.15) is 4.73 Å². The van der Waals surface area contributed by atoms with E-state index in [2.05, 4.69) is 4.98 Å². The Balaban J connectivity index is 1.96.